The molecule has 2 rings (SSSR count). The fourth-order valence-corrected chi connectivity index (χ4v) is 1.92. The highest BCUT2D eigenvalue weighted by Crippen LogP contribution is 2.12. The van der Waals surface area contributed by atoms with Gasteiger partial charge in [-0.15, -0.1) is 0 Å². The lowest BCUT2D eigenvalue weighted by molar-refractivity contribution is 0.187. The van der Waals surface area contributed by atoms with Crippen molar-refractivity contribution in [3.05, 3.63) is 29.8 Å². The minimum atomic E-state index is -0.179. The summed E-state index contributed by atoms with van der Waals surface area (Å²) in [4.78, 5) is 13.5. The number of aromatic hydroxyl groups is 1. The third-order valence-electron chi connectivity index (χ3n) is 2.94. The second-order valence-electron chi connectivity index (χ2n) is 4.28. The van der Waals surface area contributed by atoms with Crippen LogP contribution < -0.4 is 5.43 Å². The normalized spacial score (nSPS) is 15.9. The van der Waals surface area contributed by atoms with E-state index in [0.717, 1.165) is 25.9 Å². The molecule has 5 heteroatoms. The molecule has 1 aromatic rings. The summed E-state index contributed by atoms with van der Waals surface area (Å²) in [6, 6.07) is 6.66. The molecule has 0 unspecified atom stereocenters. The number of hydrazone groups is 1. The van der Waals surface area contributed by atoms with Gasteiger partial charge in [0.15, 0.2) is 0 Å². The summed E-state index contributed by atoms with van der Waals surface area (Å²) < 4.78 is 0. The Hall–Kier alpha value is -2.04. The molecule has 0 aliphatic carbocycles. The largest absolute Gasteiger partial charge is 0.507 e. The highest BCUT2D eigenvalue weighted by Gasteiger charge is 2.15. The Kier molecular flexibility index (Phi) is 4.17. The maximum Gasteiger partial charge on any atom is 0.337 e. The van der Waals surface area contributed by atoms with Gasteiger partial charge in [0.25, 0.3) is 0 Å². The predicted molar refractivity (Wildman–Crippen MR) is 69.7 cm³/mol. The summed E-state index contributed by atoms with van der Waals surface area (Å²) in [5.41, 5.74) is 3.05. The zero-order valence-corrected chi connectivity index (χ0v) is 10.2. The van der Waals surface area contributed by atoms with Crippen LogP contribution in [0.15, 0.2) is 29.4 Å². The third kappa shape index (κ3) is 3.23. The predicted octanol–water partition coefficient (Wildman–Crippen LogP) is 1.92. The number of hydrogen-bond donors (Lipinski definition) is 2. The van der Waals surface area contributed by atoms with E-state index in [4.69, 9.17) is 0 Å². The monoisotopic (exact) mass is 247 g/mol. The van der Waals surface area contributed by atoms with Crippen LogP contribution in [-0.2, 0) is 0 Å². The van der Waals surface area contributed by atoms with E-state index in [2.05, 4.69) is 10.5 Å². The van der Waals surface area contributed by atoms with Crippen LogP contribution in [-0.4, -0.2) is 35.3 Å². The fraction of sp³-hybridized carbons (Fsp3) is 0.385. The first-order valence-corrected chi connectivity index (χ1v) is 6.13. The molecule has 0 saturated carbocycles. The van der Waals surface area contributed by atoms with Gasteiger partial charge in [-0.1, -0.05) is 12.1 Å². The van der Waals surface area contributed by atoms with Crippen molar-refractivity contribution in [2.75, 3.05) is 13.1 Å². The lowest BCUT2D eigenvalue weighted by atomic mass is 10.1. The Balaban J connectivity index is 1.87. The van der Waals surface area contributed by atoms with Crippen molar-refractivity contribution in [2.24, 2.45) is 5.10 Å². The van der Waals surface area contributed by atoms with E-state index in [1.807, 2.05) is 0 Å². The van der Waals surface area contributed by atoms with E-state index in [1.165, 1.54) is 12.6 Å². The highest BCUT2D eigenvalue weighted by molar-refractivity contribution is 5.84. The first-order valence-electron chi connectivity index (χ1n) is 6.13. The Bertz CT molecular complexity index is 440. The summed E-state index contributed by atoms with van der Waals surface area (Å²) in [5, 5.41) is 13.4. The van der Waals surface area contributed by atoms with Crippen LogP contribution in [0.25, 0.3) is 0 Å². The molecule has 0 spiro atoms. The number of amides is 2. The Labute approximate surface area is 106 Å². The number of benzene rings is 1. The summed E-state index contributed by atoms with van der Waals surface area (Å²) >= 11 is 0. The molecule has 1 saturated heterocycles. The van der Waals surface area contributed by atoms with Crippen molar-refractivity contribution in [3.63, 3.8) is 0 Å². The number of urea groups is 1. The molecule has 0 bridgehead atoms. The van der Waals surface area contributed by atoms with Gasteiger partial charge in [-0.25, -0.2) is 10.2 Å². The molecule has 96 valence electrons. The smallest absolute Gasteiger partial charge is 0.337 e. The minimum Gasteiger partial charge on any atom is -0.507 e. The van der Waals surface area contributed by atoms with Crippen LogP contribution in [0.5, 0.6) is 5.75 Å². The van der Waals surface area contributed by atoms with Gasteiger partial charge in [-0.3, -0.25) is 0 Å². The van der Waals surface area contributed by atoms with Crippen LogP contribution in [0.4, 0.5) is 4.79 Å². The first-order chi connectivity index (χ1) is 8.77. The van der Waals surface area contributed by atoms with Gasteiger partial charge >= 0.3 is 6.03 Å². The van der Waals surface area contributed by atoms with E-state index in [-0.39, 0.29) is 11.8 Å². The highest BCUT2D eigenvalue weighted by atomic mass is 16.3. The topological polar surface area (TPSA) is 64.9 Å². The molecule has 2 amide bonds. The third-order valence-corrected chi connectivity index (χ3v) is 2.94. The Morgan fingerprint density at radius 2 is 2.00 bits per heavy atom. The lowest BCUT2D eigenvalue weighted by Gasteiger charge is -2.25. The number of nitrogens with zero attached hydrogens (tertiary/aromatic N) is 2. The van der Waals surface area contributed by atoms with Crippen molar-refractivity contribution < 1.29 is 9.90 Å². The van der Waals surface area contributed by atoms with Crippen molar-refractivity contribution in [1.82, 2.24) is 10.3 Å². The van der Waals surface area contributed by atoms with Crippen LogP contribution in [0.1, 0.15) is 24.8 Å². The molecule has 18 heavy (non-hydrogen) atoms. The van der Waals surface area contributed by atoms with Crippen molar-refractivity contribution in [3.8, 4) is 5.75 Å². The number of phenolic OH excluding ortho intramolecular Hbond substituents is 1. The number of nitrogens with one attached hydrogen (secondary N) is 1. The summed E-state index contributed by atoms with van der Waals surface area (Å²) in [6.07, 6.45) is 4.73. The van der Waals surface area contributed by atoms with Crippen molar-refractivity contribution in [1.29, 1.82) is 0 Å². The Morgan fingerprint density at radius 1 is 1.28 bits per heavy atom. The number of carbonyl (C=O) groups excluding carboxylic acids is 1. The second-order valence-corrected chi connectivity index (χ2v) is 4.28. The summed E-state index contributed by atoms with van der Waals surface area (Å²) in [6.45, 7) is 1.58. The molecule has 1 heterocycles. The second kappa shape index (κ2) is 6.05. The van der Waals surface area contributed by atoms with Crippen LogP contribution in [0.3, 0.4) is 0 Å². The number of likely N-dealkylation sites (tertiary alicyclic amines) is 1. The molecule has 1 aliphatic rings. The summed E-state index contributed by atoms with van der Waals surface area (Å²) in [7, 11) is 0. The van der Waals surface area contributed by atoms with Gasteiger partial charge in [-0.05, 0) is 31.4 Å². The number of piperidine rings is 1. The average Bonchev–Trinajstić information content (AvgIpc) is 2.42. The average molecular weight is 247 g/mol. The molecule has 0 radical (unpaired) electrons. The summed E-state index contributed by atoms with van der Waals surface area (Å²) in [5.74, 6) is 0.147. The van der Waals surface area contributed by atoms with Gasteiger partial charge in [-0.2, -0.15) is 5.10 Å². The number of rotatable bonds is 2. The molecule has 2 N–H and O–H groups in total. The number of phenols is 1. The van der Waals surface area contributed by atoms with E-state index in [9.17, 15) is 9.90 Å². The minimum absolute atomic E-state index is 0.147. The molecule has 5 nitrogen and oxygen atoms in total. The lowest BCUT2D eigenvalue weighted by Crippen LogP contribution is -2.40. The van der Waals surface area contributed by atoms with Gasteiger partial charge < -0.3 is 10.0 Å². The molecule has 0 aromatic heterocycles. The van der Waals surface area contributed by atoms with E-state index in [1.54, 1.807) is 29.2 Å². The zero-order chi connectivity index (χ0) is 12.8. The zero-order valence-electron chi connectivity index (χ0n) is 10.2. The van der Waals surface area contributed by atoms with Crippen LogP contribution in [0, 0.1) is 0 Å². The van der Waals surface area contributed by atoms with E-state index < -0.39 is 0 Å². The van der Waals surface area contributed by atoms with Crippen molar-refractivity contribution >= 4 is 12.2 Å². The molecule has 1 aliphatic heterocycles. The van der Waals surface area contributed by atoms with Gasteiger partial charge in [0.05, 0.1) is 6.21 Å². The molecular weight excluding hydrogens is 230 g/mol. The molecular formula is C13H17N3O2. The maximum absolute atomic E-state index is 11.7. The SMILES string of the molecule is O=C(N/N=C/c1ccccc1O)N1CCCCC1. The Morgan fingerprint density at radius 3 is 2.72 bits per heavy atom. The number of carbonyl (C=O) groups is 1. The standard InChI is InChI=1S/C13H17N3O2/c17-12-7-3-2-6-11(12)10-14-15-13(18)16-8-4-1-5-9-16/h2-3,6-7,10,17H,1,4-5,8-9H2,(H,15,18)/b14-10+. The van der Waals surface area contributed by atoms with Gasteiger partial charge in [0, 0.05) is 18.7 Å². The van der Waals surface area contributed by atoms with E-state index >= 15 is 0 Å². The van der Waals surface area contributed by atoms with Gasteiger partial charge in [0.1, 0.15) is 5.75 Å². The van der Waals surface area contributed by atoms with Gasteiger partial charge in [0.2, 0.25) is 0 Å². The first kappa shape index (κ1) is 12.4. The number of para-hydroxylation sites is 1. The number of hydrogen-bond acceptors (Lipinski definition) is 3. The van der Waals surface area contributed by atoms with Crippen LogP contribution in [0.2, 0.25) is 0 Å². The van der Waals surface area contributed by atoms with E-state index in [0.29, 0.717) is 5.56 Å². The molecule has 0 atom stereocenters. The van der Waals surface area contributed by atoms with Crippen LogP contribution >= 0.6 is 0 Å². The maximum atomic E-state index is 11.7. The molecule has 1 fully saturated rings. The fourth-order valence-electron chi connectivity index (χ4n) is 1.92. The molecule has 1 aromatic carbocycles. The van der Waals surface area contributed by atoms with Crippen molar-refractivity contribution in [2.45, 2.75) is 19.3 Å². The quantitative estimate of drug-likeness (QED) is 0.619.